The van der Waals surface area contributed by atoms with Crippen LogP contribution in [0.5, 0.6) is 11.5 Å². The first-order valence-electron chi connectivity index (χ1n) is 12.0. The van der Waals surface area contributed by atoms with Crippen LogP contribution < -0.4 is 9.47 Å². The fourth-order valence-corrected chi connectivity index (χ4v) is 3.84. The van der Waals surface area contributed by atoms with Gasteiger partial charge >= 0.3 is 0 Å². The summed E-state index contributed by atoms with van der Waals surface area (Å²) in [5.74, 6) is 0.256. The molecule has 0 spiro atoms. The molecule has 1 atom stereocenters. The lowest BCUT2D eigenvalue weighted by atomic mass is 9.95. The van der Waals surface area contributed by atoms with E-state index in [1.54, 1.807) is 24.3 Å². The van der Waals surface area contributed by atoms with Crippen molar-refractivity contribution in [3.8, 4) is 11.5 Å². The van der Waals surface area contributed by atoms with Gasteiger partial charge in [-0.2, -0.15) is 0 Å². The number of aliphatic hydroxyl groups is 1. The van der Waals surface area contributed by atoms with Gasteiger partial charge < -0.3 is 24.2 Å². The Morgan fingerprint density at radius 2 is 1.54 bits per heavy atom. The predicted octanol–water partition coefficient (Wildman–Crippen LogP) is 4.82. The highest BCUT2D eigenvalue weighted by Gasteiger charge is 2.46. The lowest BCUT2D eigenvalue weighted by Gasteiger charge is -2.25. The second kappa shape index (κ2) is 11.9. The molecule has 0 saturated carbocycles. The number of hydrogen-bond donors (Lipinski definition) is 1. The number of likely N-dealkylation sites (tertiary alicyclic amines) is 1. The van der Waals surface area contributed by atoms with Gasteiger partial charge in [0.1, 0.15) is 17.3 Å². The summed E-state index contributed by atoms with van der Waals surface area (Å²) < 4.78 is 16.8. The zero-order valence-corrected chi connectivity index (χ0v) is 21.1. The van der Waals surface area contributed by atoms with Crippen molar-refractivity contribution < 1.29 is 28.9 Å². The topological polar surface area (TPSA) is 85.3 Å². The van der Waals surface area contributed by atoms with Crippen molar-refractivity contribution in [3.05, 3.63) is 65.2 Å². The molecule has 35 heavy (non-hydrogen) atoms. The molecule has 1 aliphatic heterocycles. The summed E-state index contributed by atoms with van der Waals surface area (Å²) in [5.41, 5.74) is 1.12. The van der Waals surface area contributed by atoms with Crippen LogP contribution in [0, 0.1) is 11.8 Å². The number of Topliss-reactive ketones (excluding diaryl/α,β-unsaturated/α-hetero) is 1. The van der Waals surface area contributed by atoms with Crippen LogP contribution in [0.2, 0.25) is 0 Å². The monoisotopic (exact) mass is 481 g/mol. The first-order valence-corrected chi connectivity index (χ1v) is 12.0. The Bertz CT molecular complexity index is 1070. The summed E-state index contributed by atoms with van der Waals surface area (Å²) in [4.78, 5) is 27.6. The number of nitrogens with zero attached hydrogens (tertiary/aromatic N) is 1. The van der Waals surface area contributed by atoms with Crippen LogP contribution in [0.25, 0.3) is 5.76 Å². The maximum Gasteiger partial charge on any atom is 0.295 e. The lowest BCUT2D eigenvalue weighted by Crippen LogP contribution is -2.32. The number of hydrogen-bond acceptors (Lipinski definition) is 6. The zero-order chi connectivity index (χ0) is 25.5. The molecule has 1 N–H and O–H groups in total. The molecule has 1 unspecified atom stereocenters. The molecule has 0 bridgehead atoms. The third kappa shape index (κ3) is 6.42. The molecule has 1 amide bonds. The molecule has 188 valence electrons. The number of benzene rings is 2. The lowest BCUT2D eigenvalue weighted by molar-refractivity contribution is -0.140. The highest BCUT2D eigenvalue weighted by atomic mass is 16.5. The summed E-state index contributed by atoms with van der Waals surface area (Å²) in [6.07, 6.45) is 0. The van der Waals surface area contributed by atoms with E-state index in [4.69, 9.17) is 14.2 Å². The summed E-state index contributed by atoms with van der Waals surface area (Å²) in [6.45, 7) is 9.73. The van der Waals surface area contributed by atoms with Crippen molar-refractivity contribution in [2.45, 2.75) is 33.7 Å². The summed E-state index contributed by atoms with van der Waals surface area (Å²) >= 11 is 0. The van der Waals surface area contributed by atoms with E-state index in [0.29, 0.717) is 47.7 Å². The first-order chi connectivity index (χ1) is 16.7. The smallest absolute Gasteiger partial charge is 0.295 e. The number of carbonyl (C=O) groups excluding carboxylic acids is 2. The second-order valence-corrected chi connectivity index (χ2v) is 9.50. The van der Waals surface area contributed by atoms with Gasteiger partial charge in [0.2, 0.25) is 0 Å². The molecule has 1 heterocycles. The molecule has 7 nitrogen and oxygen atoms in total. The molecule has 2 aromatic rings. The van der Waals surface area contributed by atoms with E-state index in [-0.39, 0.29) is 24.5 Å². The van der Waals surface area contributed by atoms with Gasteiger partial charge in [0.15, 0.2) is 0 Å². The van der Waals surface area contributed by atoms with Crippen molar-refractivity contribution in [3.63, 3.8) is 0 Å². The Morgan fingerprint density at radius 1 is 0.943 bits per heavy atom. The van der Waals surface area contributed by atoms with Crippen molar-refractivity contribution in [1.82, 2.24) is 4.90 Å². The molecule has 7 heteroatoms. The van der Waals surface area contributed by atoms with E-state index < -0.39 is 17.7 Å². The molecule has 1 aliphatic rings. The van der Waals surface area contributed by atoms with Crippen molar-refractivity contribution >= 4 is 17.4 Å². The Hall–Kier alpha value is -3.32. The number of ether oxygens (including phenoxy) is 3. The summed E-state index contributed by atoms with van der Waals surface area (Å²) in [5, 5.41) is 11.3. The zero-order valence-electron chi connectivity index (χ0n) is 21.1. The SMILES string of the molecule is COCCN1C(=O)C(=O)/C(=C(\O)c2cccc(OCC(C)C)c2)C1c1cccc(OCC(C)C)c1. The molecule has 0 radical (unpaired) electrons. The van der Waals surface area contributed by atoms with Gasteiger partial charge in [-0.15, -0.1) is 0 Å². The van der Waals surface area contributed by atoms with E-state index in [2.05, 4.69) is 13.8 Å². The quantitative estimate of drug-likeness (QED) is 0.281. The highest BCUT2D eigenvalue weighted by Crippen LogP contribution is 2.40. The maximum absolute atomic E-state index is 13.2. The fraction of sp³-hybridized carbons (Fsp3) is 0.429. The van der Waals surface area contributed by atoms with Gasteiger partial charge in [-0.05, 0) is 41.7 Å². The van der Waals surface area contributed by atoms with Crippen LogP contribution in [-0.4, -0.2) is 55.2 Å². The largest absolute Gasteiger partial charge is 0.507 e. The first kappa shape index (κ1) is 26.3. The molecule has 1 fully saturated rings. The van der Waals surface area contributed by atoms with Gasteiger partial charge in [-0.1, -0.05) is 52.0 Å². The minimum Gasteiger partial charge on any atom is -0.507 e. The second-order valence-electron chi connectivity index (χ2n) is 9.50. The van der Waals surface area contributed by atoms with Crippen molar-refractivity contribution in [2.24, 2.45) is 11.8 Å². The third-order valence-corrected chi connectivity index (χ3v) is 5.52. The van der Waals surface area contributed by atoms with E-state index in [1.165, 1.54) is 12.0 Å². The average Bonchev–Trinajstić information content (AvgIpc) is 3.09. The third-order valence-electron chi connectivity index (χ3n) is 5.52. The molecule has 2 aromatic carbocycles. The predicted molar refractivity (Wildman–Crippen MR) is 134 cm³/mol. The summed E-state index contributed by atoms with van der Waals surface area (Å²) in [7, 11) is 1.54. The van der Waals surface area contributed by atoms with Gasteiger partial charge in [-0.25, -0.2) is 0 Å². The normalized spacial score (nSPS) is 17.5. The van der Waals surface area contributed by atoms with Gasteiger partial charge in [-0.3, -0.25) is 9.59 Å². The Kier molecular flexibility index (Phi) is 8.93. The number of rotatable bonds is 11. The van der Waals surface area contributed by atoms with Gasteiger partial charge in [0.25, 0.3) is 11.7 Å². The van der Waals surface area contributed by atoms with Crippen LogP contribution in [0.1, 0.15) is 44.9 Å². The Balaban J connectivity index is 2.06. The van der Waals surface area contributed by atoms with E-state index >= 15 is 0 Å². The summed E-state index contributed by atoms with van der Waals surface area (Å²) in [6, 6.07) is 13.4. The van der Waals surface area contributed by atoms with E-state index in [1.807, 2.05) is 38.1 Å². The van der Waals surface area contributed by atoms with Crippen LogP contribution >= 0.6 is 0 Å². The molecule has 1 saturated heterocycles. The van der Waals surface area contributed by atoms with Crippen LogP contribution in [0.4, 0.5) is 0 Å². The number of aliphatic hydroxyl groups excluding tert-OH is 1. The number of methoxy groups -OCH3 is 1. The Morgan fingerprint density at radius 3 is 2.14 bits per heavy atom. The van der Waals surface area contributed by atoms with Crippen molar-refractivity contribution in [1.29, 1.82) is 0 Å². The maximum atomic E-state index is 13.2. The highest BCUT2D eigenvalue weighted by molar-refractivity contribution is 6.46. The van der Waals surface area contributed by atoms with Crippen molar-refractivity contribution in [2.75, 3.05) is 33.5 Å². The average molecular weight is 482 g/mol. The molecule has 3 rings (SSSR count). The number of amides is 1. The van der Waals surface area contributed by atoms with Crippen LogP contribution in [-0.2, 0) is 14.3 Å². The van der Waals surface area contributed by atoms with Crippen LogP contribution in [0.15, 0.2) is 54.1 Å². The molecule has 0 aromatic heterocycles. The minimum atomic E-state index is -0.770. The van der Waals surface area contributed by atoms with E-state index in [9.17, 15) is 14.7 Å². The standard InChI is InChI=1S/C28H35NO6/c1-18(2)16-34-22-10-6-8-20(14-22)25-24(27(31)28(32)29(25)12-13-33-5)26(30)21-9-7-11-23(15-21)35-17-19(3)4/h6-11,14-15,18-19,25,30H,12-13,16-17H2,1-5H3/b26-24-. The Labute approximate surface area is 207 Å². The molecular formula is C28H35NO6. The van der Waals surface area contributed by atoms with E-state index in [0.717, 1.165) is 0 Å². The number of ketones is 1. The number of carbonyl (C=O) groups is 2. The van der Waals surface area contributed by atoms with Crippen LogP contribution in [0.3, 0.4) is 0 Å². The minimum absolute atomic E-state index is 0.0353. The van der Waals surface area contributed by atoms with Gasteiger partial charge in [0, 0.05) is 19.2 Å². The fourth-order valence-electron chi connectivity index (χ4n) is 3.84. The van der Waals surface area contributed by atoms with Gasteiger partial charge in [0.05, 0.1) is 31.4 Å². The molecule has 0 aliphatic carbocycles. The molecular weight excluding hydrogens is 446 g/mol.